The molecular weight excluding hydrogens is 328 g/mol. The molecule has 132 valence electrons. The molecule has 0 spiro atoms. The molecule has 2 aromatic heterocycles. The van der Waals surface area contributed by atoms with Crippen LogP contribution < -0.4 is 10.2 Å². The first-order chi connectivity index (χ1) is 12.7. The lowest BCUT2D eigenvalue weighted by molar-refractivity contribution is 0.0980. The zero-order chi connectivity index (χ0) is 17.9. The van der Waals surface area contributed by atoms with Gasteiger partial charge in [0.15, 0.2) is 0 Å². The highest BCUT2D eigenvalue weighted by Gasteiger charge is 2.24. The van der Waals surface area contributed by atoms with Crippen LogP contribution in [0, 0.1) is 6.92 Å². The lowest BCUT2D eigenvalue weighted by Gasteiger charge is -2.29. The summed E-state index contributed by atoms with van der Waals surface area (Å²) >= 11 is 0. The minimum atomic E-state index is -0.0938. The minimum Gasteiger partial charge on any atom is -0.467 e. The van der Waals surface area contributed by atoms with Gasteiger partial charge in [-0.1, -0.05) is 18.2 Å². The molecule has 3 aromatic rings. The summed E-state index contributed by atoms with van der Waals surface area (Å²) in [6.45, 7) is 3.03. The highest BCUT2D eigenvalue weighted by Crippen LogP contribution is 2.28. The fraction of sp³-hybridized carbons (Fsp3) is 0.250. The fourth-order valence-corrected chi connectivity index (χ4v) is 3.22. The van der Waals surface area contributed by atoms with Crippen molar-refractivity contribution in [2.45, 2.75) is 26.3 Å². The maximum Gasteiger partial charge on any atom is 0.277 e. The number of aromatic nitrogens is 2. The Morgan fingerprint density at radius 3 is 2.96 bits per heavy atom. The van der Waals surface area contributed by atoms with Crippen LogP contribution in [0.2, 0.25) is 0 Å². The molecule has 1 aromatic carbocycles. The van der Waals surface area contributed by atoms with E-state index in [9.17, 15) is 4.79 Å². The van der Waals surface area contributed by atoms with Crippen LogP contribution in [0.15, 0.2) is 53.1 Å². The van der Waals surface area contributed by atoms with E-state index in [0.717, 1.165) is 30.0 Å². The summed E-state index contributed by atoms with van der Waals surface area (Å²) in [4.78, 5) is 23.7. The largest absolute Gasteiger partial charge is 0.467 e. The third-order valence-electron chi connectivity index (χ3n) is 4.43. The van der Waals surface area contributed by atoms with Gasteiger partial charge in [0, 0.05) is 17.9 Å². The molecular formula is C20H20N4O2. The minimum absolute atomic E-state index is 0.0938. The van der Waals surface area contributed by atoms with Gasteiger partial charge in [0.05, 0.1) is 12.8 Å². The quantitative estimate of drug-likeness (QED) is 0.780. The van der Waals surface area contributed by atoms with E-state index < -0.39 is 0 Å². The van der Waals surface area contributed by atoms with Crippen LogP contribution in [-0.4, -0.2) is 22.4 Å². The Hall–Kier alpha value is -3.15. The van der Waals surface area contributed by atoms with Crippen molar-refractivity contribution < 1.29 is 9.21 Å². The number of hydrogen-bond donors (Lipinski definition) is 1. The zero-order valence-electron chi connectivity index (χ0n) is 14.6. The van der Waals surface area contributed by atoms with Gasteiger partial charge in [-0.05, 0) is 49.6 Å². The lowest BCUT2D eigenvalue weighted by atomic mass is 10.0. The molecule has 3 heterocycles. The van der Waals surface area contributed by atoms with Gasteiger partial charge in [0.1, 0.15) is 11.5 Å². The molecule has 0 fully saturated rings. The zero-order valence-corrected chi connectivity index (χ0v) is 14.6. The van der Waals surface area contributed by atoms with E-state index >= 15 is 0 Å². The Bertz CT molecular complexity index is 921. The van der Waals surface area contributed by atoms with Crippen molar-refractivity contribution in [3.05, 3.63) is 71.4 Å². The number of nitrogens with one attached hydrogen (secondary N) is 1. The van der Waals surface area contributed by atoms with E-state index in [1.54, 1.807) is 12.3 Å². The molecule has 4 rings (SSSR count). The molecule has 1 aliphatic rings. The lowest BCUT2D eigenvalue weighted by Crippen LogP contribution is -2.36. The molecule has 0 unspecified atom stereocenters. The Kier molecular flexibility index (Phi) is 4.39. The molecule has 1 N–H and O–H groups in total. The number of aryl methyl sites for hydroxylation is 2. The summed E-state index contributed by atoms with van der Waals surface area (Å²) < 4.78 is 5.30. The number of hydrogen-bond acceptors (Lipinski definition) is 5. The first-order valence-corrected chi connectivity index (χ1v) is 8.72. The second kappa shape index (κ2) is 7.00. The van der Waals surface area contributed by atoms with Crippen molar-refractivity contribution in [3.63, 3.8) is 0 Å². The van der Waals surface area contributed by atoms with Gasteiger partial charge in [-0.25, -0.2) is 9.97 Å². The normalized spacial score (nSPS) is 13.3. The molecule has 0 bridgehead atoms. The van der Waals surface area contributed by atoms with Crippen molar-refractivity contribution in [3.8, 4) is 0 Å². The number of amides is 1. The SMILES string of the molecule is Cc1cc(C(=O)N2CCCc3ccccc32)nc(NCc2ccco2)n1. The first-order valence-electron chi connectivity index (χ1n) is 8.72. The van der Waals surface area contributed by atoms with Crippen LogP contribution in [0.5, 0.6) is 0 Å². The summed E-state index contributed by atoms with van der Waals surface area (Å²) in [7, 11) is 0. The third-order valence-corrected chi connectivity index (χ3v) is 4.43. The van der Waals surface area contributed by atoms with Gasteiger partial charge in [0.2, 0.25) is 5.95 Å². The molecule has 1 amide bonds. The summed E-state index contributed by atoms with van der Waals surface area (Å²) in [6, 6.07) is 13.5. The summed E-state index contributed by atoms with van der Waals surface area (Å²) in [5.41, 5.74) is 3.32. The number of carbonyl (C=O) groups is 1. The maximum atomic E-state index is 13.1. The molecule has 0 radical (unpaired) electrons. The van der Waals surface area contributed by atoms with Gasteiger partial charge in [-0.2, -0.15) is 0 Å². The molecule has 0 aliphatic carbocycles. The van der Waals surface area contributed by atoms with Crippen molar-refractivity contribution in [1.29, 1.82) is 0 Å². The van der Waals surface area contributed by atoms with Crippen LogP contribution in [0.1, 0.15) is 33.9 Å². The predicted octanol–water partition coefficient (Wildman–Crippen LogP) is 3.58. The van der Waals surface area contributed by atoms with Gasteiger partial charge >= 0.3 is 0 Å². The predicted molar refractivity (Wildman–Crippen MR) is 99.2 cm³/mol. The number of rotatable bonds is 4. The standard InChI is InChI=1S/C20H20N4O2/c1-14-12-17(23-20(22-14)21-13-16-8-5-11-26-16)19(25)24-10-4-7-15-6-2-3-9-18(15)24/h2-3,5-6,8-9,11-12H,4,7,10,13H2,1H3,(H,21,22,23). The van der Waals surface area contributed by atoms with Crippen LogP contribution in [-0.2, 0) is 13.0 Å². The van der Waals surface area contributed by atoms with Crippen molar-refractivity contribution in [2.24, 2.45) is 0 Å². The highest BCUT2D eigenvalue weighted by molar-refractivity contribution is 6.05. The van der Waals surface area contributed by atoms with Crippen LogP contribution in [0.4, 0.5) is 11.6 Å². The number of nitrogens with zero attached hydrogens (tertiary/aromatic N) is 3. The first kappa shape index (κ1) is 16.3. The van der Waals surface area contributed by atoms with Gasteiger partial charge < -0.3 is 14.6 Å². The van der Waals surface area contributed by atoms with Crippen LogP contribution in [0.3, 0.4) is 0 Å². The smallest absolute Gasteiger partial charge is 0.277 e. The number of para-hydroxylation sites is 1. The van der Waals surface area contributed by atoms with Gasteiger partial charge in [-0.15, -0.1) is 0 Å². The molecule has 26 heavy (non-hydrogen) atoms. The number of fused-ring (bicyclic) bond motifs is 1. The Balaban J connectivity index is 1.58. The van der Waals surface area contributed by atoms with Crippen LogP contribution >= 0.6 is 0 Å². The molecule has 0 saturated heterocycles. The Labute approximate surface area is 151 Å². The molecule has 6 heteroatoms. The number of furan rings is 1. The van der Waals surface area contributed by atoms with E-state index in [2.05, 4.69) is 21.4 Å². The number of carbonyl (C=O) groups excluding carboxylic acids is 1. The van der Waals surface area contributed by atoms with Crippen molar-refractivity contribution in [2.75, 3.05) is 16.8 Å². The second-order valence-electron chi connectivity index (χ2n) is 6.34. The summed E-state index contributed by atoms with van der Waals surface area (Å²) in [5.74, 6) is 1.12. The molecule has 0 atom stereocenters. The summed E-state index contributed by atoms with van der Waals surface area (Å²) in [6.07, 6.45) is 3.58. The fourth-order valence-electron chi connectivity index (χ4n) is 3.22. The van der Waals surface area contributed by atoms with Gasteiger partial charge in [0.25, 0.3) is 5.91 Å². The highest BCUT2D eigenvalue weighted by atomic mass is 16.3. The van der Waals surface area contributed by atoms with Gasteiger partial charge in [-0.3, -0.25) is 4.79 Å². The third kappa shape index (κ3) is 3.31. The Morgan fingerprint density at radius 1 is 1.23 bits per heavy atom. The summed E-state index contributed by atoms with van der Waals surface area (Å²) in [5, 5.41) is 3.12. The van der Waals surface area contributed by atoms with E-state index in [0.29, 0.717) is 24.7 Å². The number of benzene rings is 1. The molecule has 6 nitrogen and oxygen atoms in total. The van der Waals surface area contributed by atoms with E-state index in [1.807, 2.05) is 42.2 Å². The monoisotopic (exact) mass is 348 g/mol. The average molecular weight is 348 g/mol. The topological polar surface area (TPSA) is 71.3 Å². The molecule has 1 aliphatic heterocycles. The van der Waals surface area contributed by atoms with Crippen LogP contribution in [0.25, 0.3) is 0 Å². The number of anilines is 2. The average Bonchev–Trinajstić information content (AvgIpc) is 3.18. The molecule has 0 saturated carbocycles. The van der Waals surface area contributed by atoms with E-state index in [4.69, 9.17) is 4.42 Å². The van der Waals surface area contributed by atoms with E-state index in [1.165, 1.54) is 5.56 Å². The van der Waals surface area contributed by atoms with Crippen molar-refractivity contribution >= 4 is 17.5 Å². The van der Waals surface area contributed by atoms with Crippen molar-refractivity contribution in [1.82, 2.24) is 9.97 Å². The second-order valence-corrected chi connectivity index (χ2v) is 6.34. The van der Waals surface area contributed by atoms with E-state index in [-0.39, 0.29) is 5.91 Å². The maximum absolute atomic E-state index is 13.1. The Morgan fingerprint density at radius 2 is 2.12 bits per heavy atom.